The number of nitrogens with one attached hydrogen (secondary N) is 1. The summed E-state index contributed by atoms with van der Waals surface area (Å²) < 4.78 is 6.20. The van der Waals surface area contributed by atoms with Crippen molar-refractivity contribution in [1.29, 1.82) is 0 Å². The number of aliphatic imine (C=N–C) groups is 1. The number of methoxy groups -OCH3 is 1. The van der Waals surface area contributed by atoms with Crippen molar-refractivity contribution < 1.29 is 14.7 Å². The van der Waals surface area contributed by atoms with Gasteiger partial charge in [0, 0.05) is 34.7 Å². The topological polar surface area (TPSA) is 46.3 Å². The van der Waals surface area contributed by atoms with Crippen LogP contribution in [0.3, 0.4) is 0 Å². The van der Waals surface area contributed by atoms with Gasteiger partial charge in [-0.3, -0.25) is 4.99 Å². The molecule has 1 aliphatic rings. The quantitative estimate of drug-likeness (QED) is 0.728. The molecule has 1 fully saturated rings. The molecule has 4 nitrogen and oxygen atoms in total. The van der Waals surface area contributed by atoms with Crippen molar-refractivity contribution in [3.05, 3.63) is 58.1 Å². The lowest BCUT2D eigenvalue weighted by atomic mass is 10.1. The van der Waals surface area contributed by atoms with E-state index in [2.05, 4.69) is 33.1 Å². The van der Waals surface area contributed by atoms with E-state index in [1.807, 2.05) is 24.3 Å². The molecule has 0 aliphatic carbocycles. The predicted molar refractivity (Wildman–Crippen MR) is 104 cm³/mol. The molecule has 25 heavy (non-hydrogen) atoms. The molecule has 1 atom stereocenters. The van der Waals surface area contributed by atoms with Crippen LogP contribution in [0.2, 0.25) is 0 Å². The Bertz CT molecular complexity index is 725. The lowest BCUT2D eigenvalue weighted by molar-refractivity contribution is -0.918. The number of aromatic hydroxyl groups is 1. The molecule has 2 aromatic rings. The molecule has 1 aliphatic heterocycles. The highest BCUT2D eigenvalue weighted by molar-refractivity contribution is 9.10. The summed E-state index contributed by atoms with van der Waals surface area (Å²) in [4.78, 5) is 6.23. The number of phenolic OH excluding ortho intramolecular Hbond substituents is 1. The van der Waals surface area contributed by atoms with E-state index in [0.717, 1.165) is 15.8 Å². The number of benzene rings is 2. The van der Waals surface area contributed by atoms with Crippen LogP contribution in [0.1, 0.15) is 30.0 Å². The molecule has 0 radical (unpaired) electrons. The second-order valence-electron chi connectivity index (χ2n) is 6.39. The number of nitrogens with zero attached hydrogens (tertiary/aromatic N) is 1. The fourth-order valence-corrected chi connectivity index (χ4v) is 3.75. The Labute approximate surface area is 157 Å². The van der Waals surface area contributed by atoms with E-state index in [0.29, 0.717) is 12.6 Å². The first kappa shape index (κ1) is 18.0. The van der Waals surface area contributed by atoms with Crippen LogP contribution in [0.4, 0.5) is 0 Å². The molecule has 0 aromatic heterocycles. The number of rotatable bonds is 6. The maximum absolute atomic E-state index is 9.96. The molecule has 0 saturated carbocycles. The molecular weight excluding hydrogens is 380 g/mol. The zero-order valence-electron chi connectivity index (χ0n) is 14.4. The Kier molecular flexibility index (Phi) is 6.10. The highest BCUT2D eigenvalue weighted by atomic mass is 79.9. The zero-order valence-corrected chi connectivity index (χ0v) is 16.0. The molecule has 1 saturated heterocycles. The maximum atomic E-state index is 9.96. The summed E-state index contributed by atoms with van der Waals surface area (Å²) in [5.41, 5.74) is 2.02. The molecule has 1 heterocycles. The Morgan fingerprint density at radius 3 is 2.60 bits per heavy atom. The van der Waals surface area contributed by atoms with Crippen molar-refractivity contribution >= 4 is 22.1 Å². The lowest BCUT2D eigenvalue weighted by Crippen LogP contribution is -3.10. The number of quaternary nitrogens is 1. The molecule has 0 bridgehead atoms. The van der Waals surface area contributed by atoms with E-state index < -0.39 is 0 Å². The third-order valence-corrected chi connectivity index (χ3v) is 5.26. The average Bonchev–Trinajstić information content (AvgIpc) is 3.16. The molecule has 2 aromatic carbocycles. The van der Waals surface area contributed by atoms with Gasteiger partial charge in [-0.2, -0.15) is 0 Å². The largest absolute Gasteiger partial charge is 0.507 e. The lowest BCUT2D eigenvalue weighted by Gasteiger charge is -2.23. The summed E-state index contributed by atoms with van der Waals surface area (Å²) in [5, 5.41) is 9.96. The van der Waals surface area contributed by atoms with E-state index in [9.17, 15) is 5.11 Å². The highest BCUT2D eigenvalue weighted by Gasteiger charge is 2.27. The highest BCUT2D eigenvalue weighted by Crippen LogP contribution is 2.21. The Hall–Kier alpha value is -1.85. The van der Waals surface area contributed by atoms with Crippen LogP contribution < -0.4 is 9.64 Å². The van der Waals surface area contributed by atoms with Gasteiger partial charge in [-0.15, -0.1) is 0 Å². The fourth-order valence-electron chi connectivity index (χ4n) is 3.37. The minimum absolute atomic E-state index is 0.251. The van der Waals surface area contributed by atoms with E-state index in [4.69, 9.17) is 4.74 Å². The number of hydrogen-bond acceptors (Lipinski definition) is 3. The van der Waals surface area contributed by atoms with E-state index in [1.54, 1.807) is 24.3 Å². The minimum Gasteiger partial charge on any atom is -0.507 e. The average molecular weight is 404 g/mol. The summed E-state index contributed by atoms with van der Waals surface area (Å²) in [6.45, 7) is 3.08. The summed E-state index contributed by atoms with van der Waals surface area (Å²) in [6, 6.07) is 14.0. The molecule has 0 unspecified atom stereocenters. The van der Waals surface area contributed by atoms with Crippen LogP contribution in [-0.2, 0) is 0 Å². The van der Waals surface area contributed by atoms with Crippen LogP contribution in [-0.4, -0.2) is 38.1 Å². The van der Waals surface area contributed by atoms with Crippen LogP contribution in [0.15, 0.2) is 51.9 Å². The monoisotopic (exact) mass is 403 g/mol. The van der Waals surface area contributed by atoms with Gasteiger partial charge in [0.1, 0.15) is 17.5 Å². The number of likely N-dealkylation sites (tertiary alicyclic amines) is 1. The van der Waals surface area contributed by atoms with Gasteiger partial charge in [-0.25, -0.2) is 0 Å². The predicted octanol–water partition coefficient (Wildman–Crippen LogP) is 3.00. The van der Waals surface area contributed by atoms with Gasteiger partial charge < -0.3 is 14.7 Å². The first-order chi connectivity index (χ1) is 12.2. The SMILES string of the molecule is COc1ccc([C@@H](CN=Cc2cc(Br)ccc2O)[NH+]2CCCC2)cc1. The molecule has 0 spiro atoms. The van der Waals surface area contributed by atoms with Crippen molar-refractivity contribution in [3.8, 4) is 11.5 Å². The van der Waals surface area contributed by atoms with E-state index in [-0.39, 0.29) is 5.75 Å². The van der Waals surface area contributed by atoms with Crippen molar-refractivity contribution in [1.82, 2.24) is 0 Å². The summed E-state index contributed by atoms with van der Waals surface area (Å²) in [5.74, 6) is 1.13. The number of halogens is 1. The first-order valence-corrected chi connectivity index (χ1v) is 9.43. The third-order valence-electron chi connectivity index (χ3n) is 4.76. The number of phenols is 1. The van der Waals surface area contributed by atoms with Crippen molar-refractivity contribution in [3.63, 3.8) is 0 Å². The standard InChI is InChI=1S/C20H23BrN2O2/c1-25-18-7-4-15(5-8-18)19(23-10-2-3-11-23)14-22-13-16-12-17(21)6-9-20(16)24/h4-9,12-13,19,24H,2-3,10-11,14H2,1H3/p+1/t19-/m1/s1. The van der Waals surface area contributed by atoms with Crippen LogP contribution in [0, 0.1) is 0 Å². The first-order valence-electron chi connectivity index (χ1n) is 8.64. The van der Waals surface area contributed by atoms with Gasteiger partial charge in [0.25, 0.3) is 0 Å². The fraction of sp³-hybridized carbons (Fsp3) is 0.350. The van der Waals surface area contributed by atoms with E-state index in [1.165, 1.54) is 31.5 Å². The summed E-state index contributed by atoms with van der Waals surface area (Å²) in [6.07, 6.45) is 4.32. The third kappa shape index (κ3) is 4.61. The van der Waals surface area contributed by atoms with Crippen molar-refractivity contribution in [2.75, 3.05) is 26.7 Å². The second-order valence-corrected chi connectivity index (χ2v) is 7.30. The van der Waals surface area contributed by atoms with Gasteiger partial charge in [0.15, 0.2) is 0 Å². The second kappa shape index (κ2) is 8.50. The zero-order chi connectivity index (χ0) is 17.6. The van der Waals surface area contributed by atoms with Gasteiger partial charge in [0.2, 0.25) is 0 Å². The van der Waals surface area contributed by atoms with E-state index >= 15 is 0 Å². The molecule has 132 valence electrons. The molecule has 3 rings (SSSR count). The molecule has 0 amide bonds. The summed E-state index contributed by atoms with van der Waals surface area (Å²) in [7, 11) is 1.69. The maximum Gasteiger partial charge on any atom is 0.133 e. The molecular formula is C20H24BrN2O2+. The molecule has 5 heteroatoms. The van der Waals surface area contributed by atoms with Gasteiger partial charge in [-0.1, -0.05) is 15.9 Å². The van der Waals surface area contributed by atoms with Crippen LogP contribution in [0.5, 0.6) is 11.5 Å². The Morgan fingerprint density at radius 1 is 1.20 bits per heavy atom. The van der Waals surface area contributed by atoms with Crippen molar-refractivity contribution in [2.45, 2.75) is 18.9 Å². The normalized spacial score (nSPS) is 16.4. The van der Waals surface area contributed by atoms with Gasteiger partial charge in [0.05, 0.1) is 26.7 Å². The smallest absolute Gasteiger partial charge is 0.133 e. The number of hydrogen-bond donors (Lipinski definition) is 2. The van der Waals surface area contributed by atoms with Gasteiger partial charge >= 0.3 is 0 Å². The van der Waals surface area contributed by atoms with Crippen molar-refractivity contribution in [2.24, 2.45) is 4.99 Å². The minimum atomic E-state index is 0.251. The Balaban J connectivity index is 1.77. The Morgan fingerprint density at radius 2 is 1.92 bits per heavy atom. The summed E-state index contributed by atoms with van der Waals surface area (Å²) >= 11 is 3.43. The van der Waals surface area contributed by atoms with Crippen LogP contribution >= 0.6 is 15.9 Å². The number of ether oxygens (including phenoxy) is 1. The molecule has 2 N–H and O–H groups in total. The van der Waals surface area contributed by atoms with Gasteiger partial charge in [-0.05, 0) is 42.5 Å². The van der Waals surface area contributed by atoms with Crippen LogP contribution in [0.25, 0.3) is 0 Å².